The van der Waals surface area contributed by atoms with E-state index in [1.54, 1.807) is 4.90 Å². The summed E-state index contributed by atoms with van der Waals surface area (Å²) in [5, 5.41) is 16.9. The number of aliphatic hydroxyl groups is 1. The molecule has 1 aliphatic heterocycles. The first kappa shape index (κ1) is 27.2. The van der Waals surface area contributed by atoms with Crippen LogP contribution in [-0.4, -0.2) is 64.3 Å². The van der Waals surface area contributed by atoms with Gasteiger partial charge in [0, 0.05) is 23.9 Å². The molecule has 8 heteroatoms. The summed E-state index contributed by atoms with van der Waals surface area (Å²) in [6, 6.07) is 18.0. The van der Waals surface area contributed by atoms with E-state index in [2.05, 4.69) is 10.6 Å². The minimum Gasteiger partial charge on any atom is -0.381 e. The van der Waals surface area contributed by atoms with Crippen LogP contribution in [0.2, 0.25) is 0 Å². The van der Waals surface area contributed by atoms with E-state index in [0.717, 1.165) is 36.1 Å². The van der Waals surface area contributed by atoms with Crippen molar-refractivity contribution in [1.82, 2.24) is 15.5 Å². The molecule has 0 radical (unpaired) electrons. The number of hydrogen-bond acceptors (Lipinski definition) is 5. The minimum atomic E-state index is -1.28. The van der Waals surface area contributed by atoms with Gasteiger partial charge < -0.3 is 20.6 Å². The number of carbonyl (C=O) groups excluding carboxylic acids is 3. The second-order valence-corrected chi connectivity index (χ2v) is 11.0. The van der Waals surface area contributed by atoms with Crippen LogP contribution < -0.4 is 10.6 Å². The molecule has 2 aromatic carbocycles. The number of nitrogens with one attached hydrogen (secondary N) is 2. The quantitative estimate of drug-likeness (QED) is 0.415. The van der Waals surface area contributed by atoms with Crippen LogP contribution in [0.5, 0.6) is 0 Å². The summed E-state index contributed by atoms with van der Waals surface area (Å²) in [5.41, 5.74) is 0.934. The van der Waals surface area contributed by atoms with E-state index in [1.807, 2.05) is 60.7 Å². The Labute approximate surface area is 223 Å². The lowest BCUT2D eigenvalue weighted by Gasteiger charge is -2.32. The molecule has 2 unspecified atom stereocenters. The molecule has 3 amide bonds. The highest BCUT2D eigenvalue weighted by molar-refractivity contribution is 8.00. The summed E-state index contributed by atoms with van der Waals surface area (Å²) in [7, 11) is 0. The number of aliphatic hydroxyl groups excluding tert-OH is 1. The zero-order valence-electron chi connectivity index (χ0n) is 21.2. The Bertz CT molecular complexity index is 1030. The highest BCUT2D eigenvalue weighted by atomic mass is 32.2. The van der Waals surface area contributed by atoms with Crippen molar-refractivity contribution in [2.75, 3.05) is 12.3 Å². The maximum Gasteiger partial charge on any atom is 0.251 e. The number of likely N-dealkylation sites (tertiary alicyclic amines) is 1. The Morgan fingerprint density at radius 1 is 0.919 bits per heavy atom. The summed E-state index contributed by atoms with van der Waals surface area (Å²) in [6.45, 7) is 0.456. The summed E-state index contributed by atoms with van der Waals surface area (Å²) >= 11 is 1.42. The molecule has 37 heavy (non-hydrogen) atoms. The number of rotatable bonds is 10. The van der Waals surface area contributed by atoms with Gasteiger partial charge in [-0.2, -0.15) is 0 Å². The average molecular weight is 524 g/mol. The van der Waals surface area contributed by atoms with E-state index < -0.39 is 24.1 Å². The van der Waals surface area contributed by atoms with Crippen molar-refractivity contribution in [3.63, 3.8) is 0 Å². The van der Waals surface area contributed by atoms with Gasteiger partial charge >= 0.3 is 0 Å². The van der Waals surface area contributed by atoms with E-state index in [9.17, 15) is 19.5 Å². The molecular weight excluding hydrogens is 486 g/mol. The van der Waals surface area contributed by atoms with Crippen molar-refractivity contribution < 1.29 is 19.5 Å². The minimum absolute atomic E-state index is 0.0914. The standard InChI is InChI=1S/C29H37N3O4S/c33-26(20-37-23-15-8-3-9-16-23)31-24(19-21-11-4-1-5-12-21)29(36)32-18-10-17-25(32)27(34)28(35)30-22-13-6-2-7-14-22/h1,3-5,8-9,11-12,15-16,22,24-25,27,34H,2,6-7,10,13-14,17-20H2,(H,30,35)(H,31,33)/t24-,25?,27?/m0/s1. The summed E-state index contributed by atoms with van der Waals surface area (Å²) in [4.78, 5) is 42.0. The molecule has 1 saturated carbocycles. The summed E-state index contributed by atoms with van der Waals surface area (Å²) in [5.74, 6) is -0.693. The molecule has 0 bridgehead atoms. The van der Waals surface area contributed by atoms with Crippen molar-refractivity contribution in [1.29, 1.82) is 0 Å². The Hall–Kier alpha value is -2.84. The predicted octanol–water partition coefficient (Wildman–Crippen LogP) is 3.31. The molecule has 3 atom stereocenters. The van der Waals surface area contributed by atoms with Gasteiger partial charge in [0.25, 0.3) is 5.91 Å². The Kier molecular flexibility index (Phi) is 10.0. The van der Waals surface area contributed by atoms with Crippen LogP contribution in [0.4, 0.5) is 0 Å². The monoisotopic (exact) mass is 523 g/mol. The predicted molar refractivity (Wildman–Crippen MR) is 145 cm³/mol. The normalized spacial score (nSPS) is 19.7. The lowest BCUT2D eigenvalue weighted by Crippen LogP contribution is -2.56. The molecule has 1 heterocycles. The molecule has 198 valence electrons. The number of carbonyl (C=O) groups is 3. The van der Waals surface area contributed by atoms with Crippen LogP contribution in [0.1, 0.15) is 50.5 Å². The third kappa shape index (κ3) is 7.82. The van der Waals surface area contributed by atoms with E-state index >= 15 is 0 Å². The second-order valence-electron chi connectivity index (χ2n) is 9.94. The smallest absolute Gasteiger partial charge is 0.251 e. The summed E-state index contributed by atoms with van der Waals surface area (Å²) < 4.78 is 0. The van der Waals surface area contributed by atoms with E-state index in [0.29, 0.717) is 25.8 Å². The van der Waals surface area contributed by atoms with Gasteiger partial charge in [0.2, 0.25) is 11.8 Å². The van der Waals surface area contributed by atoms with Gasteiger partial charge in [0.15, 0.2) is 6.10 Å². The van der Waals surface area contributed by atoms with Crippen LogP contribution in [0, 0.1) is 0 Å². The van der Waals surface area contributed by atoms with Crippen molar-refractivity contribution >= 4 is 29.5 Å². The van der Waals surface area contributed by atoms with Gasteiger partial charge in [-0.3, -0.25) is 14.4 Å². The number of amides is 3. The Balaban J connectivity index is 1.42. The van der Waals surface area contributed by atoms with E-state index in [-0.39, 0.29) is 23.6 Å². The van der Waals surface area contributed by atoms with Crippen molar-refractivity contribution in [3.8, 4) is 0 Å². The van der Waals surface area contributed by atoms with Crippen LogP contribution in [0.15, 0.2) is 65.6 Å². The van der Waals surface area contributed by atoms with Crippen LogP contribution >= 0.6 is 11.8 Å². The van der Waals surface area contributed by atoms with Gasteiger partial charge in [0.1, 0.15) is 6.04 Å². The molecule has 4 rings (SSSR count). The molecule has 2 aromatic rings. The SMILES string of the molecule is O=C(CSc1ccccc1)N[C@@H](Cc1ccccc1)C(=O)N1CCCC1C(O)C(=O)NC1CCCCC1. The third-order valence-electron chi connectivity index (χ3n) is 7.20. The largest absolute Gasteiger partial charge is 0.381 e. The molecule has 2 aliphatic rings. The van der Waals surface area contributed by atoms with Gasteiger partial charge in [-0.05, 0) is 43.4 Å². The van der Waals surface area contributed by atoms with E-state index in [1.165, 1.54) is 18.2 Å². The maximum absolute atomic E-state index is 13.7. The average Bonchev–Trinajstić information content (AvgIpc) is 3.42. The highest BCUT2D eigenvalue weighted by Crippen LogP contribution is 2.24. The zero-order valence-corrected chi connectivity index (χ0v) is 22.0. The fraction of sp³-hybridized carbons (Fsp3) is 0.483. The fourth-order valence-corrected chi connectivity index (χ4v) is 5.98. The topological polar surface area (TPSA) is 98.7 Å². The molecule has 0 spiro atoms. The van der Waals surface area contributed by atoms with E-state index in [4.69, 9.17) is 0 Å². The number of nitrogens with zero attached hydrogens (tertiary/aromatic N) is 1. The Morgan fingerprint density at radius 2 is 1.59 bits per heavy atom. The third-order valence-corrected chi connectivity index (χ3v) is 8.21. The number of benzene rings is 2. The Morgan fingerprint density at radius 3 is 2.30 bits per heavy atom. The summed E-state index contributed by atoms with van der Waals surface area (Å²) in [6.07, 6.45) is 5.52. The first-order chi connectivity index (χ1) is 18.0. The molecule has 0 aromatic heterocycles. The van der Waals surface area contributed by atoms with Crippen molar-refractivity contribution in [2.45, 2.75) is 80.5 Å². The fourth-order valence-electron chi connectivity index (χ4n) is 5.25. The molecule has 7 nitrogen and oxygen atoms in total. The first-order valence-electron chi connectivity index (χ1n) is 13.3. The van der Waals surface area contributed by atoms with Gasteiger partial charge in [-0.1, -0.05) is 67.8 Å². The van der Waals surface area contributed by atoms with Crippen LogP contribution in [0.3, 0.4) is 0 Å². The highest BCUT2D eigenvalue weighted by Gasteiger charge is 2.40. The molecule has 1 saturated heterocycles. The molecule has 3 N–H and O–H groups in total. The number of hydrogen-bond donors (Lipinski definition) is 3. The molecule has 2 fully saturated rings. The number of thioether (sulfide) groups is 1. The van der Waals surface area contributed by atoms with Crippen molar-refractivity contribution in [3.05, 3.63) is 66.2 Å². The lowest BCUT2D eigenvalue weighted by atomic mass is 9.95. The van der Waals surface area contributed by atoms with Gasteiger partial charge in [-0.15, -0.1) is 11.8 Å². The molecule has 1 aliphatic carbocycles. The zero-order chi connectivity index (χ0) is 26.0. The maximum atomic E-state index is 13.7. The molecular formula is C29H37N3O4S. The van der Waals surface area contributed by atoms with Gasteiger partial charge in [0.05, 0.1) is 11.8 Å². The van der Waals surface area contributed by atoms with Crippen molar-refractivity contribution in [2.24, 2.45) is 0 Å². The second kappa shape index (κ2) is 13.6. The van der Waals surface area contributed by atoms with Gasteiger partial charge in [-0.25, -0.2) is 0 Å². The van der Waals surface area contributed by atoms with Crippen LogP contribution in [0.25, 0.3) is 0 Å². The lowest BCUT2D eigenvalue weighted by molar-refractivity contribution is -0.142. The first-order valence-corrected chi connectivity index (χ1v) is 14.3. The van der Waals surface area contributed by atoms with Crippen LogP contribution in [-0.2, 0) is 20.8 Å².